The van der Waals surface area contributed by atoms with Crippen LogP contribution in [0.1, 0.15) is 103 Å². The molecule has 0 saturated heterocycles. The highest BCUT2D eigenvalue weighted by atomic mass is 32.1. The van der Waals surface area contributed by atoms with Gasteiger partial charge in [-0.25, -0.2) is 4.99 Å². The van der Waals surface area contributed by atoms with Crippen molar-refractivity contribution in [2.45, 2.75) is 78.1 Å². The van der Waals surface area contributed by atoms with Gasteiger partial charge in [0.1, 0.15) is 0 Å². The van der Waals surface area contributed by atoms with Crippen LogP contribution in [-0.2, 0) is 10.8 Å². The van der Waals surface area contributed by atoms with Gasteiger partial charge in [0.05, 0.1) is 21.8 Å². The summed E-state index contributed by atoms with van der Waals surface area (Å²) in [5.41, 5.74) is 11.2. The van der Waals surface area contributed by atoms with Crippen molar-refractivity contribution in [3.63, 3.8) is 0 Å². The smallest absolute Gasteiger partial charge is 0.0806 e. The highest BCUT2D eigenvalue weighted by Gasteiger charge is 2.23. The number of allylic oxidation sites excluding steroid dienone is 2. The molecule has 0 saturated carbocycles. The molecule has 0 aliphatic carbocycles. The minimum atomic E-state index is -0.0121. The van der Waals surface area contributed by atoms with E-state index in [4.69, 9.17) is 9.98 Å². The Morgan fingerprint density at radius 3 is 2.05 bits per heavy atom. The second kappa shape index (κ2) is 16.8. The van der Waals surface area contributed by atoms with Crippen LogP contribution >= 0.6 is 22.7 Å². The van der Waals surface area contributed by atoms with E-state index in [1.807, 2.05) is 11.3 Å². The maximum Gasteiger partial charge on any atom is 0.0806 e. The number of hydrogen-bond acceptors (Lipinski definition) is 4. The summed E-state index contributed by atoms with van der Waals surface area (Å²) in [6.45, 7) is 15.7. The van der Waals surface area contributed by atoms with E-state index in [0.29, 0.717) is 5.41 Å². The van der Waals surface area contributed by atoms with Crippen LogP contribution in [0.5, 0.6) is 0 Å². The van der Waals surface area contributed by atoms with Crippen LogP contribution in [0.15, 0.2) is 150 Å². The van der Waals surface area contributed by atoms with Crippen LogP contribution in [-0.4, -0.2) is 10.7 Å². The molecule has 0 radical (unpaired) electrons. The predicted octanol–water partition coefficient (Wildman–Crippen LogP) is 14.6. The van der Waals surface area contributed by atoms with E-state index >= 15 is 0 Å². The van der Waals surface area contributed by atoms with Gasteiger partial charge in [0.15, 0.2) is 0 Å². The number of aryl methyl sites for hydroxylation is 1. The zero-order chi connectivity index (χ0) is 39.3. The average molecular weight is 767 g/mol. The minimum Gasteiger partial charge on any atom is -0.252 e. The molecule has 2 nitrogen and oxygen atoms in total. The van der Waals surface area contributed by atoms with Crippen LogP contribution in [0.4, 0.5) is 5.69 Å². The third-order valence-electron chi connectivity index (χ3n) is 11.1. The van der Waals surface area contributed by atoms with Gasteiger partial charge in [-0.2, -0.15) is 0 Å². The molecule has 8 rings (SSSR count). The van der Waals surface area contributed by atoms with Gasteiger partial charge in [-0.3, -0.25) is 4.98 Å². The van der Waals surface area contributed by atoms with Crippen molar-refractivity contribution in [2.24, 2.45) is 4.99 Å². The first kappa shape index (κ1) is 38.9. The van der Waals surface area contributed by atoms with Crippen LogP contribution < -0.4 is 0 Å². The summed E-state index contributed by atoms with van der Waals surface area (Å²) >= 11 is 3.63. The van der Waals surface area contributed by atoms with Gasteiger partial charge >= 0.3 is 0 Å². The average Bonchev–Trinajstić information content (AvgIpc) is 3.90. The maximum atomic E-state index is 5.15. The van der Waals surface area contributed by atoms with E-state index in [9.17, 15) is 0 Å². The summed E-state index contributed by atoms with van der Waals surface area (Å²) in [4.78, 5) is 14.2. The molecule has 56 heavy (non-hydrogen) atoms. The highest BCUT2D eigenvalue weighted by molar-refractivity contribution is 7.14. The molecule has 4 heterocycles. The summed E-state index contributed by atoms with van der Waals surface area (Å²) in [7, 11) is 0. The zero-order valence-corrected chi connectivity index (χ0v) is 35.2. The maximum absolute atomic E-state index is 5.15. The monoisotopic (exact) mass is 766 g/mol. The number of aromatic nitrogens is 1. The Hall–Kier alpha value is -5.34. The van der Waals surface area contributed by atoms with E-state index in [1.165, 1.54) is 37.7 Å². The molecule has 1 unspecified atom stereocenters. The molecule has 280 valence electrons. The topological polar surface area (TPSA) is 25.2 Å². The Kier molecular flexibility index (Phi) is 11.7. The molecule has 1 aliphatic heterocycles. The highest BCUT2D eigenvalue weighted by Crippen LogP contribution is 2.38. The number of pyridine rings is 1. The molecule has 0 spiro atoms. The first-order valence-electron chi connectivity index (χ1n) is 19.6. The molecule has 4 heteroatoms. The van der Waals surface area contributed by atoms with Crippen molar-refractivity contribution in [1.29, 1.82) is 0 Å². The Balaban J connectivity index is 0.000000420. The quantitative estimate of drug-likeness (QED) is 0.148. The van der Waals surface area contributed by atoms with Gasteiger partial charge in [-0.05, 0) is 120 Å². The van der Waals surface area contributed by atoms with Gasteiger partial charge in [0.2, 0.25) is 0 Å². The standard InChI is InChI=1S/C43H36N2S.C9H14S/c1-5-43(3,4)42-28-35(33-14-10-7-11-15-33)37-27-31(20-23-39(37)45-42)18-17-30-19-22-38-36(26-30)34(32-12-8-6-9-13-32)21-24-40(44-38)41-25-16-29(2)46-41;1-4-9(2,3)8-6-5-7-10-8/h6-16,19-28,34H,5H2,1-4H3;5-7H,4H2,1-3H3. The van der Waals surface area contributed by atoms with Crippen LogP contribution in [0.3, 0.4) is 0 Å². The number of rotatable bonds is 7. The minimum absolute atomic E-state index is 0.0121. The third kappa shape index (κ3) is 8.71. The van der Waals surface area contributed by atoms with Gasteiger partial charge < -0.3 is 0 Å². The normalized spacial score (nSPS) is 13.8. The second-order valence-electron chi connectivity index (χ2n) is 15.8. The first-order chi connectivity index (χ1) is 27.0. The molecule has 0 N–H and O–H groups in total. The molecule has 0 bridgehead atoms. The summed E-state index contributed by atoms with van der Waals surface area (Å²) in [6, 6.07) is 45.1. The number of fused-ring (bicyclic) bond motifs is 2. The fourth-order valence-electron chi connectivity index (χ4n) is 6.77. The van der Waals surface area contributed by atoms with Crippen molar-refractivity contribution in [3.05, 3.63) is 188 Å². The molecule has 4 aromatic carbocycles. The zero-order valence-electron chi connectivity index (χ0n) is 33.6. The summed E-state index contributed by atoms with van der Waals surface area (Å²) in [5, 5.41) is 3.27. The molecule has 0 amide bonds. The van der Waals surface area contributed by atoms with E-state index in [-0.39, 0.29) is 11.3 Å². The van der Waals surface area contributed by atoms with Gasteiger partial charge in [0.25, 0.3) is 0 Å². The van der Waals surface area contributed by atoms with Crippen molar-refractivity contribution in [1.82, 2.24) is 4.98 Å². The molecule has 1 aliphatic rings. The lowest BCUT2D eigenvalue weighted by Crippen LogP contribution is -2.17. The van der Waals surface area contributed by atoms with E-state index in [1.54, 1.807) is 11.3 Å². The van der Waals surface area contributed by atoms with E-state index < -0.39 is 0 Å². The first-order valence-corrected chi connectivity index (χ1v) is 21.3. The van der Waals surface area contributed by atoms with Crippen molar-refractivity contribution >= 4 is 45.0 Å². The molecular formula is C52H50N2S2. The molecule has 3 aromatic heterocycles. The fraction of sp³-hybridized carbons (Fsp3) is 0.231. The lowest BCUT2D eigenvalue weighted by atomic mass is 9.84. The largest absolute Gasteiger partial charge is 0.252 e. The van der Waals surface area contributed by atoms with E-state index in [0.717, 1.165) is 51.1 Å². The van der Waals surface area contributed by atoms with Crippen molar-refractivity contribution in [2.75, 3.05) is 0 Å². The molecular weight excluding hydrogens is 717 g/mol. The van der Waals surface area contributed by atoms with Crippen LogP contribution in [0.2, 0.25) is 0 Å². The molecule has 0 fully saturated rings. The Morgan fingerprint density at radius 2 is 1.39 bits per heavy atom. The Labute approximate surface area is 341 Å². The molecule has 1 atom stereocenters. The number of benzene rings is 4. The Morgan fingerprint density at radius 1 is 0.696 bits per heavy atom. The fourth-order valence-corrected chi connectivity index (χ4v) is 8.53. The second-order valence-corrected chi connectivity index (χ2v) is 18.0. The van der Waals surface area contributed by atoms with Gasteiger partial charge in [0, 0.05) is 43.3 Å². The van der Waals surface area contributed by atoms with Crippen molar-refractivity contribution < 1.29 is 0 Å². The number of aliphatic imine (C=N–C) groups is 1. The van der Waals surface area contributed by atoms with Crippen LogP contribution in [0, 0.1) is 18.8 Å². The summed E-state index contributed by atoms with van der Waals surface area (Å²) in [5.74, 6) is 7.03. The summed E-state index contributed by atoms with van der Waals surface area (Å²) in [6.07, 6.45) is 6.69. The predicted molar refractivity (Wildman–Crippen MR) is 243 cm³/mol. The number of thiophene rings is 2. The number of nitrogens with zero attached hydrogens (tertiary/aromatic N) is 2. The number of hydrogen-bond donors (Lipinski definition) is 0. The van der Waals surface area contributed by atoms with E-state index in [2.05, 4.69) is 205 Å². The Bertz CT molecular complexity index is 2560. The van der Waals surface area contributed by atoms with Crippen LogP contribution in [0.25, 0.3) is 22.0 Å². The summed E-state index contributed by atoms with van der Waals surface area (Å²) < 4.78 is 0. The third-order valence-corrected chi connectivity index (χ3v) is 13.4. The SMILES string of the molecule is CCC(C)(C)c1cc(-c2ccccc2)c2cc(C#Cc3ccc4c(c3)C(c3ccccc3)C=CC(c3ccc(C)s3)=N4)ccc2n1.CCC(C)(C)c1cccs1. The van der Waals surface area contributed by atoms with Gasteiger partial charge in [-0.1, -0.05) is 126 Å². The lowest BCUT2D eigenvalue weighted by molar-refractivity contribution is 0.492. The lowest BCUT2D eigenvalue weighted by Gasteiger charge is -2.23. The molecule has 7 aromatic rings. The van der Waals surface area contributed by atoms with Gasteiger partial charge in [-0.15, -0.1) is 22.7 Å². The van der Waals surface area contributed by atoms with Crippen molar-refractivity contribution in [3.8, 4) is 23.0 Å².